The van der Waals surface area contributed by atoms with Gasteiger partial charge in [0.05, 0.1) is 33.8 Å². The number of nitrogens with one attached hydrogen (secondary N) is 1. The normalized spacial score (nSPS) is 12.2. The molecular weight excluding hydrogens is 482 g/mol. The Morgan fingerprint density at radius 2 is 1.85 bits per heavy atom. The first kappa shape index (κ1) is 23.1. The van der Waals surface area contributed by atoms with Crippen molar-refractivity contribution < 1.29 is 9.18 Å². The van der Waals surface area contributed by atoms with Gasteiger partial charge >= 0.3 is 0 Å². The molecule has 0 aliphatic rings. The van der Waals surface area contributed by atoms with E-state index >= 15 is 0 Å². The molecule has 9 nitrogen and oxygen atoms in total. The summed E-state index contributed by atoms with van der Waals surface area (Å²) < 4.78 is 15.6. The number of halogens is 3. The SMILES string of the molecule is Cc1ccc(F)c2nnc(-c3ccc(NC(C=Nc4c(Cl)cccc4Cl)=C(N)C(N)=O)cn3)n12. The highest BCUT2D eigenvalue weighted by Gasteiger charge is 2.15. The van der Waals surface area contributed by atoms with E-state index in [9.17, 15) is 9.18 Å². The van der Waals surface area contributed by atoms with Crippen molar-refractivity contribution in [2.24, 2.45) is 16.5 Å². The third-order valence-electron chi connectivity index (χ3n) is 4.79. The van der Waals surface area contributed by atoms with Gasteiger partial charge in [0.1, 0.15) is 17.1 Å². The summed E-state index contributed by atoms with van der Waals surface area (Å²) in [5.74, 6) is -0.964. The first-order chi connectivity index (χ1) is 16.3. The molecule has 0 atom stereocenters. The molecule has 34 heavy (non-hydrogen) atoms. The molecule has 0 bridgehead atoms. The van der Waals surface area contributed by atoms with Crippen molar-refractivity contribution in [1.82, 2.24) is 19.6 Å². The number of primary amides is 1. The fraction of sp³-hybridized carbons (Fsp3) is 0.0455. The lowest BCUT2D eigenvalue weighted by Gasteiger charge is -2.10. The molecule has 172 valence electrons. The molecule has 4 aromatic rings. The first-order valence-electron chi connectivity index (χ1n) is 9.77. The Morgan fingerprint density at radius 3 is 2.50 bits per heavy atom. The first-order valence-corrected chi connectivity index (χ1v) is 10.5. The highest BCUT2D eigenvalue weighted by atomic mass is 35.5. The summed E-state index contributed by atoms with van der Waals surface area (Å²) >= 11 is 12.3. The van der Waals surface area contributed by atoms with Crippen molar-refractivity contribution in [3.05, 3.63) is 81.6 Å². The topological polar surface area (TPSA) is 137 Å². The maximum Gasteiger partial charge on any atom is 0.266 e. The molecule has 0 spiro atoms. The number of allylic oxidation sites excluding steroid dienone is 1. The number of hydrogen-bond acceptors (Lipinski definition) is 7. The Labute approximate surface area is 202 Å². The van der Waals surface area contributed by atoms with Crippen LogP contribution in [0.25, 0.3) is 17.2 Å². The van der Waals surface area contributed by atoms with Crippen LogP contribution in [0, 0.1) is 12.7 Å². The minimum atomic E-state index is -0.851. The zero-order valence-corrected chi connectivity index (χ0v) is 19.1. The van der Waals surface area contributed by atoms with Crippen LogP contribution in [-0.2, 0) is 4.79 Å². The minimum Gasteiger partial charge on any atom is -0.393 e. The second-order valence-corrected chi connectivity index (χ2v) is 7.90. The van der Waals surface area contributed by atoms with Crippen LogP contribution in [0.4, 0.5) is 15.8 Å². The minimum absolute atomic E-state index is 0.105. The second kappa shape index (κ2) is 9.46. The quantitative estimate of drug-likeness (QED) is 0.271. The number of carbonyl (C=O) groups is 1. The summed E-state index contributed by atoms with van der Waals surface area (Å²) in [6.45, 7) is 1.81. The molecule has 0 aliphatic heterocycles. The predicted molar refractivity (Wildman–Crippen MR) is 130 cm³/mol. The fourth-order valence-electron chi connectivity index (χ4n) is 3.08. The van der Waals surface area contributed by atoms with E-state index in [0.29, 0.717) is 32.9 Å². The highest BCUT2D eigenvalue weighted by Crippen LogP contribution is 2.32. The molecule has 0 fully saturated rings. The number of aryl methyl sites for hydroxylation is 1. The fourth-order valence-corrected chi connectivity index (χ4v) is 3.58. The number of hydrogen-bond donors (Lipinski definition) is 3. The maximum atomic E-state index is 14.1. The number of nitrogens with zero attached hydrogens (tertiary/aromatic N) is 5. The van der Waals surface area contributed by atoms with Crippen molar-refractivity contribution in [3.63, 3.8) is 0 Å². The number of carbonyl (C=O) groups excluding carboxylic acids is 1. The molecule has 0 aliphatic carbocycles. The number of amides is 1. The predicted octanol–water partition coefficient (Wildman–Crippen LogP) is 4.02. The van der Waals surface area contributed by atoms with E-state index in [-0.39, 0.29) is 17.0 Å². The smallest absolute Gasteiger partial charge is 0.266 e. The number of pyridine rings is 2. The molecule has 4 rings (SSSR count). The maximum absolute atomic E-state index is 14.1. The van der Waals surface area contributed by atoms with E-state index in [1.54, 1.807) is 40.8 Å². The number of nitrogens with two attached hydrogens (primary N) is 2. The van der Waals surface area contributed by atoms with Crippen LogP contribution in [0.3, 0.4) is 0 Å². The van der Waals surface area contributed by atoms with Gasteiger partial charge in [-0.25, -0.2) is 4.39 Å². The largest absolute Gasteiger partial charge is 0.393 e. The molecule has 0 saturated heterocycles. The summed E-state index contributed by atoms with van der Waals surface area (Å²) in [6, 6.07) is 11.2. The summed E-state index contributed by atoms with van der Waals surface area (Å²) in [5.41, 5.74) is 13.1. The average molecular weight is 499 g/mol. The lowest BCUT2D eigenvalue weighted by atomic mass is 10.2. The zero-order valence-electron chi connectivity index (χ0n) is 17.6. The zero-order chi connectivity index (χ0) is 24.4. The van der Waals surface area contributed by atoms with Gasteiger partial charge in [-0.2, -0.15) is 0 Å². The summed E-state index contributed by atoms with van der Waals surface area (Å²) in [4.78, 5) is 20.3. The van der Waals surface area contributed by atoms with Gasteiger partial charge in [0, 0.05) is 5.69 Å². The Hall–Kier alpha value is -4.02. The van der Waals surface area contributed by atoms with E-state index < -0.39 is 11.7 Å². The number of aromatic nitrogens is 4. The van der Waals surface area contributed by atoms with Crippen LogP contribution in [-0.4, -0.2) is 31.7 Å². The molecule has 0 radical (unpaired) electrons. The lowest BCUT2D eigenvalue weighted by molar-refractivity contribution is -0.114. The van der Waals surface area contributed by atoms with Crippen LogP contribution in [0.5, 0.6) is 0 Å². The van der Waals surface area contributed by atoms with Gasteiger partial charge in [0.2, 0.25) is 0 Å². The standard InChI is InChI=1S/C22H17Cl2FN8O/c1-11-5-7-15(25)21-31-32-22(33(11)21)16-8-6-12(9-28-16)30-17(18(26)20(27)34)10-29-19-13(23)3-2-4-14(19)24/h2-10,30H,26H2,1H3,(H2,27,34). The van der Waals surface area contributed by atoms with E-state index in [0.717, 1.165) is 5.69 Å². The van der Waals surface area contributed by atoms with Crippen molar-refractivity contribution in [2.75, 3.05) is 5.32 Å². The average Bonchev–Trinajstić information content (AvgIpc) is 3.27. The third kappa shape index (κ3) is 4.54. The van der Waals surface area contributed by atoms with E-state index in [1.165, 1.54) is 18.5 Å². The van der Waals surface area contributed by atoms with Crippen molar-refractivity contribution >= 4 is 52.3 Å². The van der Waals surface area contributed by atoms with E-state index in [1.807, 2.05) is 6.92 Å². The van der Waals surface area contributed by atoms with Gasteiger partial charge in [-0.3, -0.25) is 19.2 Å². The molecule has 12 heteroatoms. The molecule has 5 N–H and O–H groups in total. The van der Waals surface area contributed by atoms with Crippen LogP contribution in [0.15, 0.2) is 65.0 Å². The molecule has 3 aromatic heterocycles. The number of fused-ring (bicyclic) bond motifs is 1. The Balaban J connectivity index is 1.65. The Morgan fingerprint density at radius 1 is 1.12 bits per heavy atom. The molecule has 3 heterocycles. The molecule has 0 saturated carbocycles. The second-order valence-electron chi connectivity index (χ2n) is 7.08. The number of aliphatic imine (C=N–C) groups is 1. The molecule has 1 amide bonds. The van der Waals surface area contributed by atoms with Crippen LogP contribution in [0.2, 0.25) is 10.0 Å². The molecule has 1 aromatic carbocycles. The lowest BCUT2D eigenvalue weighted by Crippen LogP contribution is -2.25. The van der Waals surface area contributed by atoms with E-state index in [2.05, 4.69) is 25.5 Å². The number of anilines is 1. The molecular formula is C22H17Cl2FN8O. The summed E-state index contributed by atoms with van der Waals surface area (Å²) in [6.07, 6.45) is 2.77. The third-order valence-corrected chi connectivity index (χ3v) is 5.40. The van der Waals surface area contributed by atoms with Crippen LogP contribution >= 0.6 is 23.2 Å². The van der Waals surface area contributed by atoms with Gasteiger partial charge in [-0.05, 0) is 43.3 Å². The van der Waals surface area contributed by atoms with Gasteiger partial charge in [-0.15, -0.1) is 10.2 Å². The summed E-state index contributed by atoms with van der Waals surface area (Å²) in [7, 11) is 0. The van der Waals surface area contributed by atoms with Gasteiger partial charge < -0.3 is 16.8 Å². The van der Waals surface area contributed by atoms with Crippen molar-refractivity contribution in [1.29, 1.82) is 0 Å². The van der Waals surface area contributed by atoms with E-state index in [4.69, 9.17) is 34.7 Å². The van der Waals surface area contributed by atoms with Gasteiger partial charge in [0.15, 0.2) is 17.3 Å². The number of benzene rings is 1. The summed E-state index contributed by atoms with van der Waals surface area (Å²) in [5, 5.41) is 11.6. The molecule has 0 unspecified atom stereocenters. The highest BCUT2D eigenvalue weighted by molar-refractivity contribution is 6.38. The monoisotopic (exact) mass is 498 g/mol. The number of rotatable bonds is 6. The number of para-hydroxylation sites is 1. The van der Waals surface area contributed by atoms with Gasteiger partial charge in [-0.1, -0.05) is 29.3 Å². The Kier molecular flexibility index (Phi) is 6.44. The van der Waals surface area contributed by atoms with Crippen molar-refractivity contribution in [2.45, 2.75) is 6.92 Å². The van der Waals surface area contributed by atoms with Crippen LogP contribution < -0.4 is 16.8 Å². The van der Waals surface area contributed by atoms with Crippen molar-refractivity contribution in [3.8, 4) is 11.5 Å². The van der Waals surface area contributed by atoms with Gasteiger partial charge in [0.25, 0.3) is 5.91 Å². The van der Waals surface area contributed by atoms with Crippen LogP contribution in [0.1, 0.15) is 5.69 Å². The Bertz CT molecular complexity index is 1440.